The molecule has 0 aromatic carbocycles. The van der Waals surface area contributed by atoms with E-state index in [1.807, 2.05) is 0 Å². The molecule has 5 nitrogen and oxygen atoms in total. The Kier molecular flexibility index (Phi) is 2.72. The molecular formula is C6H10N4OS. The molecule has 0 saturated carbocycles. The molecule has 0 bridgehead atoms. The van der Waals surface area contributed by atoms with E-state index in [2.05, 4.69) is 14.7 Å². The van der Waals surface area contributed by atoms with Gasteiger partial charge in [0.25, 0.3) is 0 Å². The maximum atomic E-state index is 11.0. The Balaban J connectivity index is 2.58. The highest BCUT2D eigenvalue weighted by Crippen LogP contribution is 2.09. The molecular weight excluding hydrogens is 176 g/mol. The van der Waals surface area contributed by atoms with Crippen LogP contribution in [0.4, 0.5) is 5.13 Å². The summed E-state index contributed by atoms with van der Waals surface area (Å²) in [5, 5.41) is 3.04. The highest BCUT2D eigenvalue weighted by atomic mass is 32.1. The second kappa shape index (κ2) is 3.59. The van der Waals surface area contributed by atoms with Gasteiger partial charge in [-0.3, -0.25) is 10.1 Å². The number of carbonyl (C=O) groups excluding carboxylic acids is 1. The van der Waals surface area contributed by atoms with Crippen molar-refractivity contribution in [1.82, 2.24) is 9.36 Å². The Hall–Kier alpha value is -1.01. The van der Waals surface area contributed by atoms with E-state index in [0.29, 0.717) is 11.0 Å². The maximum Gasteiger partial charge on any atom is 0.242 e. The number of aryl methyl sites for hydroxylation is 1. The fourth-order valence-corrected chi connectivity index (χ4v) is 1.15. The topological polar surface area (TPSA) is 80.9 Å². The molecule has 0 spiro atoms. The van der Waals surface area contributed by atoms with Crippen LogP contribution in [0.25, 0.3) is 0 Å². The zero-order valence-corrected chi connectivity index (χ0v) is 7.68. The first-order valence-corrected chi connectivity index (χ1v) is 4.23. The second-order valence-corrected chi connectivity index (χ2v) is 3.18. The van der Waals surface area contributed by atoms with Crippen LogP contribution >= 0.6 is 11.5 Å². The molecule has 0 aliphatic heterocycles. The van der Waals surface area contributed by atoms with Crippen molar-refractivity contribution in [1.29, 1.82) is 0 Å². The quantitative estimate of drug-likeness (QED) is 0.688. The lowest BCUT2D eigenvalue weighted by molar-refractivity contribution is -0.117. The third kappa shape index (κ3) is 2.24. The predicted molar refractivity (Wildman–Crippen MR) is 46.9 cm³/mol. The second-order valence-electron chi connectivity index (χ2n) is 2.42. The third-order valence-electron chi connectivity index (χ3n) is 1.17. The van der Waals surface area contributed by atoms with Gasteiger partial charge in [-0.2, -0.15) is 4.37 Å². The van der Waals surface area contributed by atoms with E-state index >= 15 is 0 Å². The number of aromatic nitrogens is 2. The number of anilines is 1. The van der Waals surface area contributed by atoms with Crippen LogP contribution in [0.1, 0.15) is 12.7 Å². The number of hydrogen-bond donors (Lipinski definition) is 2. The van der Waals surface area contributed by atoms with Gasteiger partial charge in [-0.15, -0.1) is 0 Å². The summed E-state index contributed by atoms with van der Waals surface area (Å²) in [5.74, 6) is 0.408. The van der Waals surface area contributed by atoms with Crippen LogP contribution in [0.15, 0.2) is 0 Å². The Labute approximate surface area is 74.2 Å². The molecule has 0 radical (unpaired) electrons. The van der Waals surface area contributed by atoms with Crippen molar-refractivity contribution < 1.29 is 4.79 Å². The van der Waals surface area contributed by atoms with Crippen molar-refractivity contribution in [2.75, 3.05) is 5.32 Å². The highest BCUT2D eigenvalue weighted by Gasteiger charge is 2.09. The van der Waals surface area contributed by atoms with Crippen LogP contribution < -0.4 is 11.1 Å². The standard InChI is InChI=1S/C6H10N4OS/c1-3(7)5(11)9-6-8-4(2)10-12-6/h3H,7H2,1-2H3,(H,8,9,10,11). The van der Waals surface area contributed by atoms with Crippen LogP contribution in [0.5, 0.6) is 0 Å². The molecule has 0 aliphatic carbocycles. The normalized spacial score (nSPS) is 12.6. The molecule has 1 rings (SSSR count). The van der Waals surface area contributed by atoms with E-state index in [4.69, 9.17) is 5.73 Å². The minimum atomic E-state index is -0.519. The summed E-state index contributed by atoms with van der Waals surface area (Å²) in [5.41, 5.74) is 5.33. The maximum absolute atomic E-state index is 11.0. The van der Waals surface area contributed by atoms with Crippen LogP contribution in [0.3, 0.4) is 0 Å². The lowest BCUT2D eigenvalue weighted by Gasteiger charge is -2.02. The SMILES string of the molecule is Cc1nsc(NC(=O)C(C)N)n1. The molecule has 1 amide bonds. The molecule has 0 saturated heterocycles. The number of nitrogens with two attached hydrogens (primary N) is 1. The summed E-state index contributed by atoms with van der Waals surface area (Å²) in [6.07, 6.45) is 0. The van der Waals surface area contributed by atoms with Crippen molar-refractivity contribution in [3.05, 3.63) is 5.82 Å². The number of amides is 1. The first-order chi connectivity index (χ1) is 5.59. The molecule has 3 N–H and O–H groups in total. The predicted octanol–water partition coefficient (Wildman–Crippen LogP) is 0.132. The van der Waals surface area contributed by atoms with Gasteiger partial charge in [0.2, 0.25) is 11.0 Å². The van der Waals surface area contributed by atoms with Gasteiger partial charge < -0.3 is 5.73 Å². The molecule has 1 aromatic heterocycles. The largest absolute Gasteiger partial charge is 0.320 e. The number of hydrogen-bond acceptors (Lipinski definition) is 5. The minimum absolute atomic E-state index is 0.244. The summed E-state index contributed by atoms with van der Waals surface area (Å²) < 4.78 is 3.90. The van der Waals surface area contributed by atoms with Gasteiger partial charge in [-0.05, 0) is 13.8 Å². The van der Waals surface area contributed by atoms with E-state index in [1.54, 1.807) is 13.8 Å². The number of rotatable bonds is 2. The third-order valence-corrected chi connectivity index (χ3v) is 1.89. The van der Waals surface area contributed by atoms with Gasteiger partial charge in [0.15, 0.2) is 0 Å². The highest BCUT2D eigenvalue weighted by molar-refractivity contribution is 7.09. The van der Waals surface area contributed by atoms with Gasteiger partial charge >= 0.3 is 0 Å². The number of nitrogens with zero attached hydrogens (tertiary/aromatic N) is 2. The van der Waals surface area contributed by atoms with Crippen LogP contribution in [-0.2, 0) is 4.79 Å². The monoisotopic (exact) mass is 186 g/mol. The van der Waals surface area contributed by atoms with Gasteiger partial charge in [0.1, 0.15) is 5.82 Å². The summed E-state index contributed by atoms with van der Waals surface area (Å²) in [6, 6.07) is -0.519. The Morgan fingerprint density at radius 1 is 1.75 bits per heavy atom. The van der Waals surface area contributed by atoms with Crippen molar-refractivity contribution in [3.63, 3.8) is 0 Å². The van der Waals surface area contributed by atoms with E-state index in [0.717, 1.165) is 11.5 Å². The zero-order valence-electron chi connectivity index (χ0n) is 6.87. The smallest absolute Gasteiger partial charge is 0.242 e. The van der Waals surface area contributed by atoms with Crippen molar-refractivity contribution in [2.45, 2.75) is 19.9 Å². The van der Waals surface area contributed by atoms with E-state index < -0.39 is 6.04 Å². The summed E-state index contributed by atoms with van der Waals surface area (Å²) in [7, 11) is 0. The van der Waals surface area contributed by atoms with Crippen LogP contribution in [-0.4, -0.2) is 21.3 Å². The molecule has 12 heavy (non-hydrogen) atoms. The fourth-order valence-electron chi connectivity index (χ4n) is 0.567. The van der Waals surface area contributed by atoms with E-state index in [1.165, 1.54) is 0 Å². The molecule has 0 fully saturated rings. The molecule has 0 aliphatic rings. The lowest BCUT2D eigenvalue weighted by Crippen LogP contribution is -2.32. The number of nitrogens with one attached hydrogen (secondary N) is 1. The lowest BCUT2D eigenvalue weighted by atomic mass is 10.3. The average Bonchev–Trinajstić information content (AvgIpc) is 2.35. The van der Waals surface area contributed by atoms with E-state index in [9.17, 15) is 4.79 Å². The average molecular weight is 186 g/mol. The molecule has 1 aromatic rings. The van der Waals surface area contributed by atoms with Crippen LogP contribution in [0.2, 0.25) is 0 Å². The molecule has 1 atom stereocenters. The van der Waals surface area contributed by atoms with Gasteiger partial charge in [0.05, 0.1) is 6.04 Å². The first-order valence-electron chi connectivity index (χ1n) is 3.46. The first kappa shape index (κ1) is 9.08. The van der Waals surface area contributed by atoms with E-state index in [-0.39, 0.29) is 5.91 Å². The Morgan fingerprint density at radius 3 is 2.83 bits per heavy atom. The number of carbonyl (C=O) groups is 1. The molecule has 66 valence electrons. The van der Waals surface area contributed by atoms with Gasteiger partial charge in [-0.1, -0.05) is 0 Å². The minimum Gasteiger partial charge on any atom is -0.320 e. The summed E-state index contributed by atoms with van der Waals surface area (Å²) >= 11 is 1.15. The summed E-state index contributed by atoms with van der Waals surface area (Å²) in [4.78, 5) is 15.0. The molecule has 1 unspecified atom stereocenters. The van der Waals surface area contributed by atoms with Crippen molar-refractivity contribution >= 4 is 22.6 Å². The Morgan fingerprint density at radius 2 is 2.42 bits per heavy atom. The zero-order chi connectivity index (χ0) is 9.14. The molecule has 1 heterocycles. The fraction of sp³-hybridized carbons (Fsp3) is 0.500. The summed E-state index contributed by atoms with van der Waals surface area (Å²) in [6.45, 7) is 3.38. The van der Waals surface area contributed by atoms with Gasteiger partial charge in [0, 0.05) is 11.5 Å². The Bertz CT molecular complexity index is 283. The van der Waals surface area contributed by atoms with Gasteiger partial charge in [-0.25, -0.2) is 4.98 Å². The van der Waals surface area contributed by atoms with Crippen molar-refractivity contribution in [2.24, 2.45) is 5.73 Å². The van der Waals surface area contributed by atoms with Crippen molar-refractivity contribution in [3.8, 4) is 0 Å². The molecule has 6 heteroatoms. The van der Waals surface area contributed by atoms with Crippen LogP contribution in [0, 0.1) is 6.92 Å².